The molecule has 2 nitrogen and oxygen atoms in total. The highest BCUT2D eigenvalue weighted by Gasteiger charge is 2.43. The van der Waals surface area contributed by atoms with Crippen molar-refractivity contribution in [1.82, 2.24) is 0 Å². The van der Waals surface area contributed by atoms with Crippen LogP contribution in [0.4, 0.5) is 0 Å². The molecule has 2 aliphatic carbocycles. The number of carbonyl (C=O) groups is 2. The molecule has 0 unspecified atom stereocenters. The molecule has 2 aromatic carbocycles. The smallest absolute Gasteiger partial charge is 0.198 e. The summed E-state index contributed by atoms with van der Waals surface area (Å²) < 4.78 is 0. The number of ketones is 2. The molecule has 0 aliphatic heterocycles. The van der Waals surface area contributed by atoms with Crippen molar-refractivity contribution in [2.45, 2.75) is 31.1 Å². The number of Topliss-reactive ketones (excluding diaryl/α,β-unsaturated/α-hetero) is 2. The second-order valence-electron chi connectivity index (χ2n) is 7.04. The summed E-state index contributed by atoms with van der Waals surface area (Å²) in [7, 11) is 0. The molecule has 0 radical (unpaired) electrons. The van der Waals surface area contributed by atoms with Crippen LogP contribution >= 0.6 is 23.4 Å². The zero-order valence-electron chi connectivity index (χ0n) is 14.5. The SMILES string of the molecule is Cc1ccc(C(=O)C2=C(Sc3ccccc3)[C@H]3CC[C@H](C3)C2=O)c(Cl)c1. The van der Waals surface area contributed by atoms with Gasteiger partial charge in [-0.05, 0) is 61.9 Å². The minimum atomic E-state index is -0.227. The largest absolute Gasteiger partial charge is 0.294 e. The summed E-state index contributed by atoms with van der Waals surface area (Å²) in [6.45, 7) is 1.93. The topological polar surface area (TPSA) is 34.1 Å². The highest BCUT2D eigenvalue weighted by Crippen LogP contribution is 2.50. The molecule has 4 rings (SSSR count). The van der Waals surface area contributed by atoms with Crippen LogP contribution in [0.5, 0.6) is 0 Å². The van der Waals surface area contributed by atoms with Gasteiger partial charge >= 0.3 is 0 Å². The molecule has 0 amide bonds. The number of hydrogen-bond acceptors (Lipinski definition) is 3. The van der Waals surface area contributed by atoms with Crippen LogP contribution in [-0.2, 0) is 4.79 Å². The highest BCUT2D eigenvalue weighted by atomic mass is 35.5. The van der Waals surface area contributed by atoms with Crippen LogP contribution in [-0.4, -0.2) is 11.6 Å². The van der Waals surface area contributed by atoms with Crippen LogP contribution < -0.4 is 0 Å². The Morgan fingerprint density at radius 3 is 2.54 bits per heavy atom. The molecule has 0 N–H and O–H groups in total. The molecule has 2 atom stereocenters. The summed E-state index contributed by atoms with van der Waals surface area (Å²) in [6.07, 6.45) is 2.72. The molecule has 0 heterocycles. The van der Waals surface area contributed by atoms with Gasteiger partial charge in [-0.2, -0.15) is 0 Å². The fourth-order valence-corrected chi connectivity index (χ4v) is 5.44. The van der Waals surface area contributed by atoms with Gasteiger partial charge in [0.25, 0.3) is 0 Å². The van der Waals surface area contributed by atoms with Crippen LogP contribution in [0.3, 0.4) is 0 Å². The predicted octanol–water partition coefficient (Wildman–Crippen LogP) is 5.88. The van der Waals surface area contributed by atoms with Crippen molar-refractivity contribution in [2.24, 2.45) is 11.8 Å². The number of halogens is 1. The fraction of sp³-hybridized carbons (Fsp3) is 0.273. The van der Waals surface area contributed by atoms with E-state index < -0.39 is 0 Å². The Labute approximate surface area is 162 Å². The van der Waals surface area contributed by atoms with Crippen molar-refractivity contribution in [3.63, 3.8) is 0 Å². The van der Waals surface area contributed by atoms with Crippen molar-refractivity contribution >= 4 is 34.9 Å². The first-order valence-corrected chi connectivity index (χ1v) is 10.1. The number of benzene rings is 2. The Morgan fingerprint density at radius 2 is 1.81 bits per heavy atom. The van der Waals surface area contributed by atoms with Gasteiger partial charge in [0.1, 0.15) is 0 Å². The number of hydrogen-bond donors (Lipinski definition) is 0. The van der Waals surface area contributed by atoms with E-state index in [1.165, 1.54) is 0 Å². The maximum absolute atomic E-state index is 13.3. The van der Waals surface area contributed by atoms with E-state index in [1.807, 2.05) is 43.3 Å². The van der Waals surface area contributed by atoms with E-state index in [9.17, 15) is 9.59 Å². The van der Waals surface area contributed by atoms with E-state index in [4.69, 9.17) is 11.6 Å². The Bertz CT molecular complexity index is 917. The molecule has 0 aromatic heterocycles. The number of carbonyl (C=O) groups excluding carboxylic acids is 2. The first kappa shape index (κ1) is 17.6. The number of aryl methyl sites for hydroxylation is 1. The van der Waals surface area contributed by atoms with E-state index >= 15 is 0 Å². The Morgan fingerprint density at radius 1 is 1.08 bits per heavy atom. The average molecular weight is 383 g/mol. The van der Waals surface area contributed by atoms with Gasteiger partial charge in [0.2, 0.25) is 0 Å². The van der Waals surface area contributed by atoms with Gasteiger partial charge in [0.05, 0.1) is 10.6 Å². The van der Waals surface area contributed by atoms with Crippen molar-refractivity contribution in [3.8, 4) is 0 Å². The first-order valence-electron chi connectivity index (χ1n) is 8.86. The molecule has 2 aliphatic rings. The van der Waals surface area contributed by atoms with E-state index in [0.29, 0.717) is 22.1 Å². The third-order valence-electron chi connectivity index (χ3n) is 5.23. The zero-order valence-corrected chi connectivity index (χ0v) is 16.1. The standard InChI is InChI=1S/C22H19ClO2S/c1-13-7-10-17(18(23)11-13)21(25)19-20(24)14-8-9-15(12-14)22(19)26-16-5-3-2-4-6-16/h2-7,10-11,14-15H,8-9,12H2,1H3/t14-,15+/m1/s1. The third kappa shape index (κ3) is 3.15. The maximum Gasteiger partial charge on any atom is 0.198 e. The molecule has 0 spiro atoms. The highest BCUT2D eigenvalue weighted by molar-refractivity contribution is 8.03. The molecule has 0 saturated heterocycles. The van der Waals surface area contributed by atoms with Gasteiger partial charge < -0.3 is 0 Å². The van der Waals surface area contributed by atoms with Crippen molar-refractivity contribution in [3.05, 3.63) is 75.2 Å². The lowest BCUT2D eigenvalue weighted by atomic mass is 9.84. The van der Waals surface area contributed by atoms with Gasteiger partial charge in [-0.15, -0.1) is 0 Å². The minimum absolute atomic E-state index is 0.00109. The number of thioether (sulfide) groups is 1. The van der Waals surface area contributed by atoms with E-state index in [1.54, 1.807) is 23.9 Å². The first-order chi connectivity index (χ1) is 12.5. The van der Waals surface area contributed by atoms with Crippen LogP contribution in [0.1, 0.15) is 35.2 Å². The average Bonchev–Trinajstić information content (AvgIpc) is 3.07. The Kier molecular flexibility index (Phi) is 4.76. The van der Waals surface area contributed by atoms with Gasteiger partial charge in [-0.3, -0.25) is 9.59 Å². The lowest BCUT2D eigenvalue weighted by Gasteiger charge is -2.24. The molecular formula is C22H19ClO2S. The minimum Gasteiger partial charge on any atom is -0.294 e. The summed E-state index contributed by atoms with van der Waals surface area (Å²) in [5, 5.41) is 0.414. The number of rotatable bonds is 4. The monoisotopic (exact) mass is 382 g/mol. The molecule has 132 valence electrons. The quantitative estimate of drug-likeness (QED) is 0.489. The molecule has 1 saturated carbocycles. The zero-order chi connectivity index (χ0) is 18.3. The summed E-state index contributed by atoms with van der Waals surface area (Å²) in [4.78, 5) is 28.3. The lowest BCUT2D eigenvalue weighted by Crippen LogP contribution is -2.26. The van der Waals surface area contributed by atoms with Gasteiger partial charge in [-0.25, -0.2) is 0 Å². The third-order valence-corrected chi connectivity index (χ3v) is 6.81. The van der Waals surface area contributed by atoms with Crippen molar-refractivity contribution in [2.75, 3.05) is 0 Å². The molecule has 4 heteroatoms. The predicted molar refractivity (Wildman–Crippen MR) is 106 cm³/mol. The van der Waals surface area contributed by atoms with Crippen LogP contribution in [0.15, 0.2) is 63.9 Å². The van der Waals surface area contributed by atoms with E-state index in [-0.39, 0.29) is 17.5 Å². The Balaban J connectivity index is 1.81. The summed E-state index contributed by atoms with van der Waals surface area (Å²) in [6, 6.07) is 15.3. The second kappa shape index (κ2) is 7.05. The van der Waals surface area contributed by atoms with Crippen LogP contribution in [0.25, 0.3) is 0 Å². The number of fused-ring (bicyclic) bond motifs is 2. The molecular weight excluding hydrogens is 364 g/mol. The summed E-state index contributed by atoms with van der Waals surface area (Å²) in [5.74, 6) is 0.0585. The van der Waals surface area contributed by atoms with Crippen molar-refractivity contribution in [1.29, 1.82) is 0 Å². The lowest BCUT2D eigenvalue weighted by molar-refractivity contribution is -0.119. The van der Waals surface area contributed by atoms with Crippen LogP contribution in [0.2, 0.25) is 5.02 Å². The molecule has 1 fully saturated rings. The fourth-order valence-electron chi connectivity index (χ4n) is 3.90. The van der Waals surface area contributed by atoms with Gasteiger partial charge in [0.15, 0.2) is 11.6 Å². The van der Waals surface area contributed by atoms with Crippen molar-refractivity contribution < 1.29 is 9.59 Å². The van der Waals surface area contributed by atoms with Gasteiger partial charge in [0, 0.05) is 21.3 Å². The van der Waals surface area contributed by atoms with E-state index in [0.717, 1.165) is 34.6 Å². The normalized spacial score (nSPS) is 22.0. The molecule has 2 aromatic rings. The maximum atomic E-state index is 13.3. The Hall–Kier alpha value is -1.84. The molecule has 26 heavy (non-hydrogen) atoms. The van der Waals surface area contributed by atoms with Crippen LogP contribution in [0, 0.1) is 18.8 Å². The van der Waals surface area contributed by atoms with E-state index in [2.05, 4.69) is 0 Å². The van der Waals surface area contributed by atoms with Gasteiger partial charge in [-0.1, -0.05) is 47.6 Å². The number of allylic oxidation sites excluding steroid dienone is 2. The molecule has 2 bridgehead atoms. The second-order valence-corrected chi connectivity index (χ2v) is 8.56. The summed E-state index contributed by atoms with van der Waals surface area (Å²) >= 11 is 7.89. The summed E-state index contributed by atoms with van der Waals surface area (Å²) in [5.41, 5.74) is 1.78.